The van der Waals surface area contributed by atoms with Crippen LogP contribution in [-0.4, -0.2) is 24.0 Å². The van der Waals surface area contributed by atoms with Crippen LogP contribution in [0.1, 0.15) is 21.5 Å². The van der Waals surface area contributed by atoms with E-state index < -0.39 is 5.97 Å². The number of rotatable bonds is 5. The van der Waals surface area contributed by atoms with Gasteiger partial charge in [0.05, 0.1) is 19.1 Å². The lowest BCUT2D eigenvalue weighted by atomic mass is 9.98. The van der Waals surface area contributed by atoms with Crippen LogP contribution in [0.4, 0.5) is 0 Å². The Morgan fingerprint density at radius 2 is 1.75 bits per heavy atom. The van der Waals surface area contributed by atoms with Gasteiger partial charge in [-0.2, -0.15) is 0 Å². The molecule has 0 aromatic heterocycles. The molecule has 0 aliphatic carbocycles. The number of hydrogen-bond acceptors (Lipinski definition) is 3. The van der Waals surface area contributed by atoms with Crippen LogP contribution in [0.2, 0.25) is 0 Å². The lowest BCUT2D eigenvalue weighted by Crippen LogP contribution is -2.08. The van der Waals surface area contributed by atoms with Gasteiger partial charge in [0.2, 0.25) is 0 Å². The molecule has 20 heavy (non-hydrogen) atoms. The molecule has 0 aliphatic rings. The fourth-order valence-electron chi connectivity index (χ4n) is 2.05. The standard InChI is InChI=1S/C16H14O4/c1-20-16-12(10-14(17)18)8-5-9-13(16)15(19)11-6-3-2-4-7-11/h2-9H,10H2,1H3,(H,17,18). The highest BCUT2D eigenvalue weighted by atomic mass is 16.5. The van der Waals surface area contributed by atoms with E-state index in [2.05, 4.69) is 0 Å². The van der Waals surface area contributed by atoms with E-state index in [1.54, 1.807) is 42.5 Å². The number of carboxylic acids is 1. The lowest BCUT2D eigenvalue weighted by Gasteiger charge is -2.11. The van der Waals surface area contributed by atoms with Gasteiger partial charge < -0.3 is 9.84 Å². The Kier molecular flexibility index (Phi) is 4.15. The van der Waals surface area contributed by atoms with Crippen molar-refractivity contribution in [3.05, 3.63) is 65.2 Å². The predicted octanol–water partition coefficient (Wildman–Crippen LogP) is 2.55. The van der Waals surface area contributed by atoms with Crippen molar-refractivity contribution in [1.29, 1.82) is 0 Å². The number of ether oxygens (including phenoxy) is 1. The van der Waals surface area contributed by atoms with Gasteiger partial charge in [-0.1, -0.05) is 42.5 Å². The fraction of sp³-hybridized carbons (Fsp3) is 0.125. The highest BCUT2D eigenvalue weighted by Crippen LogP contribution is 2.26. The van der Waals surface area contributed by atoms with Crippen molar-refractivity contribution >= 4 is 11.8 Å². The zero-order valence-electron chi connectivity index (χ0n) is 11.0. The van der Waals surface area contributed by atoms with Gasteiger partial charge in [0.15, 0.2) is 5.78 Å². The number of methoxy groups -OCH3 is 1. The summed E-state index contributed by atoms with van der Waals surface area (Å²) in [6.45, 7) is 0. The van der Waals surface area contributed by atoms with Gasteiger partial charge in [0.25, 0.3) is 0 Å². The van der Waals surface area contributed by atoms with Gasteiger partial charge in [0, 0.05) is 11.1 Å². The first-order valence-corrected chi connectivity index (χ1v) is 6.11. The summed E-state index contributed by atoms with van der Waals surface area (Å²) in [5, 5.41) is 8.89. The first-order valence-electron chi connectivity index (χ1n) is 6.11. The predicted molar refractivity (Wildman–Crippen MR) is 74.2 cm³/mol. The van der Waals surface area contributed by atoms with Crippen molar-refractivity contribution < 1.29 is 19.4 Å². The largest absolute Gasteiger partial charge is 0.496 e. The summed E-state index contributed by atoms with van der Waals surface area (Å²) in [6.07, 6.45) is -0.181. The van der Waals surface area contributed by atoms with Crippen molar-refractivity contribution in [2.75, 3.05) is 7.11 Å². The van der Waals surface area contributed by atoms with E-state index in [0.29, 0.717) is 22.4 Å². The second-order valence-corrected chi connectivity index (χ2v) is 4.26. The maximum atomic E-state index is 12.4. The minimum absolute atomic E-state index is 0.181. The summed E-state index contributed by atoms with van der Waals surface area (Å²) in [7, 11) is 1.43. The van der Waals surface area contributed by atoms with E-state index in [4.69, 9.17) is 9.84 Å². The fourth-order valence-corrected chi connectivity index (χ4v) is 2.05. The van der Waals surface area contributed by atoms with Crippen LogP contribution in [0.25, 0.3) is 0 Å². The van der Waals surface area contributed by atoms with Gasteiger partial charge in [-0.3, -0.25) is 9.59 Å². The van der Waals surface area contributed by atoms with Gasteiger partial charge in [0.1, 0.15) is 5.75 Å². The first-order chi connectivity index (χ1) is 9.63. The molecule has 102 valence electrons. The van der Waals surface area contributed by atoms with E-state index >= 15 is 0 Å². The Morgan fingerprint density at radius 3 is 2.35 bits per heavy atom. The number of para-hydroxylation sites is 1. The molecule has 0 atom stereocenters. The molecule has 0 unspecified atom stereocenters. The number of carbonyl (C=O) groups excluding carboxylic acids is 1. The molecule has 0 aliphatic heterocycles. The average molecular weight is 270 g/mol. The van der Waals surface area contributed by atoms with E-state index in [9.17, 15) is 9.59 Å². The number of carboxylic acid groups (broad SMARTS) is 1. The van der Waals surface area contributed by atoms with E-state index in [1.165, 1.54) is 7.11 Å². The van der Waals surface area contributed by atoms with Crippen LogP contribution in [0.3, 0.4) is 0 Å². The second kappa shape index (κ2) is 6.02. The van der Waals surface area contributed by atoms with Crippen LogP contribution in [0, 0.1) is 0 Å². The van der Waals surface area contributed by atoms with Crippen LogP contribution in [0.15, 0.2) is 48.5 Å². The molecule has 2 rings (SSSR count). The quantitative estimate of drug-likeness (QED) is 0.848. The zero-order chi connectivity index (χ0) is 14.5. The third-order valence-electron chi connectivity index (χ3n) is 2.92. The van der Waals surface area contributed by atoms with Crippen molar-refractivity contribution in [3.63, 3.8) is 0 Å². The normalized spacial score (nSPS) is 10.1. The molecule has 0 radical (unpaired) electrons. The van der Waals surface area contributed by atoms with E-state index in [0.717, 1.165) is 0 Å². The smallest absolute Gasteiger partial charge is 0.307 e. The SMILES string of the molecule is COc1c(CC(=O)O)cccc1C(=O)c1ccccc1. The van der Waals surface area contributed by atoms with Gasteiger partial charge in [-0.25, -0.2) is 0 Å². The number of ketones is 1. The van der Waals surface area contributed by atoms with Gasteiger partial charge >= 0.3 is 5.97 Å². The Bertz CT molecular complexity index is 632. The highest BCUT2D eigenvalue weighted by molar-refractivity contribution is 6.11. The maximum Gasteiger partial charge on any atom is 0.307 e. The Balaban J connectivity index is 2.46. The molecule has 4 heteroatoms. The molecular formula is C16H14O4. The van der Waals surface area contributed by atoms with Crippen molar-refractivity contribution in [1.82, 2.24) is 0 Å². The third-order valence-corrected chi connectivity index (χ3v) is 2.92. The lowest BCUT2D eigenvalue weighted by molar-refractivity contribution is -0.136. The van der Waals surface area contributed by atoms with Crippen LogP contribution in [0.5, 0.6) is 5.75 Å². The Hall–Kier alpha value is -2.62. The van der Waals surface area contributed by atoms with Crippen LogP contribution >= 0.6 is 0 Å². The summed E-state index contributed by atoms with van der Waals surface area (Å²) >= 11 is 0. The monoisotopic (exact) mass is 270 g/mol. The minimum atomic E-state index is -0.965. The van der Waals surface area contributed by atoms with Crippen molar-refractivity contribution in [2.45, 2.75) is 6.42 Å². The summed E-state index contributed by atoms with van der Waals surface area (Å²) in [4.78, 5) is 23.3. The summed E-state index contributed by atoms with van der Waals surface area (Å²) in [6, 6.07) is 13.8. The molecule has 0 fully saturated rings. The van der Waals surface area contributed by atoms with E-state index in [1.807, 2.05) is 6.07 Å². The zero-order valence-corrected chi connectivity index (χ0v) is 11.0. The Labute approximate surface area is 116 Å². The number of hydrogen-bond donors (Lipinski definition) is 1. The molecule has 0 amide bonds. The van der Waals surface area contributed by atoms with Crippen LogP contribution < -0.4 is 4.74 Å². The molecule has 1 N–H and O–H groups in total. The summed E-state index contributed by atoms with van der Waals surface area (Å²) < 4.78 is 5.24. The number of carbonyl (C=O) groups is 2. The topological polar surface area (TPSA) is 63.6 Å². The maximum absolute atomic E-state index is 12.4. The van der Waals surface area contributed by atoms with Crippen LogP contribution in [-0.2, 0) is 11.2 Å². The molecule has 0 spiro atoms. The molecular weight excluding hydrogens is 256 g/mol. The highest BCUT2D eigenvalue weighted by Gasteiger charge is 2.18. The molecule has 2 aromatic carbocycles. The molecule has 0 heterocycles. The third kappa shape index (κ3) is 2.85. The molecule has 0 saturated heterocycles. The number of aliphatic carboxylic acids is 1. The summed E-state index contributed by atoms with van der Waals surface area (Å²) in [5.41, 5.74) is 1.40. The summed E-state index contributed by atoms with van der Waals surface area (Å²) in [5.74, 6) is -0.828. The Morgan fingerprint density at radius 1 is 1.05 bits per heavy atom. The van der Waals surface area contributed by atoms with Crippen molar-refractivity contribution in [3.8, 4) is 5.75 Å². The molecule has 4 nitrogen and oxygen atoms in total. The first kappa shape index (κ1) is 13.8. The number of benzene rings is 2. The second-order valence-electron chi connectivity index (χ2n) is 4.26. The minimum Gasteiger partial charge on any atom is -0.496 e. The van der Waals surface area contributed by atoms with Gasteiger partial charge in [-0.05, 0) is 6.07 Å². The molecule has 2 aromatic rings. The van der Waals surface area contributed by atoms with E-state index in [-0.39, 0.29) is 12.2 Å². The molecule has 0 saturated carbocycles. The van der Waals surface area contributed by atoms with Gasteiger partial charge in [-0.15, -0.1) is 0 Å². The van der Waals surface area contributed by atoms with Crippen molar-refractivity contribution in [2.24, 2.45) is 0 Å². The average Bonchev–Trinajstić information content (AvgIpc) is 2.46. The molecule has 0 bridgehead atoms.